The monoisotopic (exact) mass is 349 g/mol. The number of amides is 2. The first-order valence-corrected chi connectivity index (χ1v) is 8.12. The molecule has 0 radical (unpaired) electrons. The molecule has 2 amide bonds. The molecule has 3 aromatic rings. The Bertz CT molecular complexity index is 959. The van der Waals surface area contributed by atoms with Crippen LogP contribution in [0.15, 0.2) is 54.7 Å². The van der Waals surface area contributed by atoms with Crippen LogP contribution in [0.5, 0.6) is 0 Å². The highest BCUT2D eigenvalue weighted by Crippen LogP contribution is 2.08. The molecule has 0 unspecified atom stereocenters. The molecule has 7 heteroatoms. The van der Waals surface area contributed by atoms with E-state index in [1.54, 1.807) is 49.3 Å². The molecular weight excluding hydrogens is 330 g/mol. The number of carbonyl (C=O) groups is 2. The van der Waals surface area contributed by atoms with Crippen molar-refractivity contribution in [2.75, 3.05) is 14.1 Å². The van der Waals surface area contributed by atoms with Crippen molar-refractivity contribution in [3.8, 4) is 0 Å². The zero-order valence-corrected chi connectivity index (χ0v) is 14.6. The third-order valence-electron chi connectivity index (χ3n) is 3.96. The van der Waals surface area contributed by atoms with Crippen molar-refractivity contribution >= 4 is 23.5 Å². The summed E-state index contributed by atoms with van der Waals surface area (Å²) in [6.07, 6.45) is 5.08. The van der Waals surface area contributed by atoms with Gasteiger partial charge >= 0.3 is 0 Å². The van der Waals surface area contributed by atoms with Crippen molar-refractivity contribution in [3.63, 3.8) is 0 Å². The van der Waals surface area contributed by atoms with Crippen LogP contribution in [0.4, 0.5) is 0 Å². The Morgan fingerprint density at radius 1 is 1.15 bits per heavy atom. The number of benzene rings is 1. The lowest BCUT2D eigenvalue weighted by Crippen LogP contribution is -2.25. The zero-order chi connectivity index (χ0) is 18.5. The van der Waals surface area contributed by atoms with Gasteiger partial charge in [0, 0.05) is 31.9 Å². The smallest absolute Gasteiger partial charge is 0.251 e. The lowest BCUT2D eigenvalue weighted by Gasteiger charge is -2.13. The second-order valence-corrected chi connectivity index (χ2v) is 5.77. The Hall–Kier alpha value is -3.48. The van der Waals surface area contributed by atoms with Gasteiger partial charge in [0.1, 0.15) is 0 Å². The minimum Gasteiger partial charge on any atom is -0.355 e. The first-order chi connectivity index (χ1) is 12.6. The lowest BCUT2D eigenvalue weighted by molar-refractivity contribution is -0.125. The van der Waals surface area contributed by atoms with Crippen LogP contribution in [0.25, 0.3) is 11.7 Å². The van der Waals surface area contributed by atoms with Crippen molar-refractivity contribution in [1.29, 1.82) is 0 Å². The van der Waals surface area contributed by atoms with Crippen LogP contribution in [-0.4, -0.2) is 45.4 Å². The second kappa shape index (κ2) is 7.60. The number of hydrogen-bond donors (Lipinski definition) is 1. The third kappa shape index (κ3) is 3.77. The van der Waals surface area contributed by atoms with Gasteiger partial charge in [0.2, 0.25) is 5.91 Å². The lowest BCUT2D eigenvalue weighted by atomic mass is 10.1. The highest BCUT2D eigenvalue weighted by Gasteiger charge is 2.11. The number of fused-ring (bicyclic) bond motifs is 1. The van der Waals surface area contributed by atoms with Crippen molar-refractivity contribution < 1.29 is 9.59 Å². The quantitative estimate of drug-likeness (QED) is 0.712. The van der Waals surface area contributed by atoms with E-state index in [0.717, 1.165) is 11.2 Å². The van der Waals surface area contributed by atoms with Crippen LogP contribution in [0.2, 0.25) is 0 Å². The third-order valence-corrected chi connectivity index (χ3v) is 3.96. The maximum Gasteiger partial charge on any atom is 0.251 e. The molecule has 0 bridgehead atoms. The molecule has 2 aromatic heterocycles. The predicted octanol–water partition coefficient (Wildman–Crippen LogP) is 1.76. The van der Waals surface area contributed by atoms with E-state index in [1.807, 2.05) is 28.8 Å². The minimum absolute atomic E-state index is 0.142. The molecule has 1 aromatic carbocycles. The summed E-state index contributed by atoms with van der Waals surface area (Å²) >= 11 is 0. The number of pyridine rings is 1. The van der Waals surface area contributed by atoms with Crippen LogP contribution in [-0.2, 0) is 11.3 Å². The fraction of sp³-hybridized carbons (Fsp3) is 0.158. The van der Waals surface area contributed by atoms with Crippen LogP contribution >= 0.6 is 0 Å². The van der Waals surface area contributed by atoms with Crippen LogP contribution in [0.3, 0.4) is 0 Å². The molecule has 7 nitrogen and oxygen atoms in total. The van der Waals surface area contributed by atoms with Crippen molar-refractivity contribution in [2.24, 2.45) is 0 Å². The second-order valence-electron chi connectivity index (χ2n) is 5.77. The predicted molar refractivity (Wildman–Crippen MR) is 98.3 cm³/mol. The summed E-state index contributed by atoms with van der Waals surface area (Å²) < 4.78 is 1.85. The number of nitrogens with zero attached hydrogens (tertiary/aromatic N) is 4. The Balaban J connectivity index is 1.65. The summed E-state index contributed by atoms with van der Waals surface area (Å²) in [4.78, 5) is 25.4. The van der Waals surface area contributed by atoms with Gasteiger partial charge in [0.05, 0.1) is 6.54 Å². The van der Waals surface area contributed by atoms with Gasteiger partial charge < -0.3 is 10.2 Å². The van der Waals surface area contributed by atoms with E-state index in [9.17, 15) is 9.59 Å². The van der Waals surface area contributed by atoms with E-state index in [-0.39, 0.29) is 11.8 Å². The van der Waals surface area contributed by atoms with Gasteiger partial charge in [-0.3, -0.25) is 14.0 Å². The van der Waals surface area contributed by atoms with E-state index in [2.05, 4.69) is 15.5 Å². The zero-order valence-electron chi connectivity index (χ0n) is 14.6. The Labute approximate surface area is 151 Å². The molecule has 1 N–H and O–H groups in total. The standard InChI is InChI=1S/C19H19N5O2/c1-20-19(26)15-9-6-14(7-10-15)8-11-18(25)23(2)13-17-22-21-16-5-3-4-12-24(16)17/h3-12H,13H2,1-2H3,(H,20,26). The number of hydrogen-bond acceptors (Lipinski definition) is 4. The van der Waals surface area contributed by atoms with Crippen LogP contribution in [0.1, 0.15) is 21.7 Å². The van der Waals surface area contributed by atoms with Crippen molar-refractivity contribution in [1.82, 2.24) is 24.8 Å². The number of carbonyl (C=O) groups excluding carboxylic acids is 2. The number of likely N-dealkylation sites (N-methyl/N-ethyl adjacent to an activating group) is 1. The molecule has 0 saturated heterocycles. The summed E-state index contributed by atoms with van der Waals surface area (Å²) in [6.45, 7) is 0.351. The number of aromatic nitrogens is 3. The number of rotatable bonds is 5. The highest BCUT2D eigenvalue weighted by atomic mass is 16.2. The summed E-state index contributed by atoms with van der Waals surface area (Å²) in [5, 5.41) is 10.8. The molecule has 0 aliphatic heterocycles. The summed E-state index contributed by atoms with van der Waals surface area (Å²) in [7, 11) is 3.30. The minimum atomic E-state index is -0.145. The molecular formula is C19H19N5O2. The first-order valence-electron chi connectivity index (χ1n) is 8.12. The van der Waals surface area contributed by atoms with Crippen molar-refractivity contribution in [3.05, 3.63) is 71.7 Å². The summed E-state index contributed by atoms with van der Waals surface area (Å²) in [5.74, 6) is 0.407. The Morgan fingerprint density at radius 2 is 1.92 bits per heavy atom. The van der Waals surface area contributed by atoms with E-state index in [1.165, 1.54) is 6.08 Å². The average Bonchev–Trinajstić information content (AvgIpc) is 3.08. The van der Waals surface area contributed by atoms with Gasteiger partial charge in [-0.1, -0.05) is 18.2 Å². The molecule has 3 rings (SSSR count). The average molecular weight is 349 g/mol. The van der Waals surface area contributed by atoms with Crippen LogP contribution in [0, 0.1) is 0 Å². The number of nitrogens with one attached hydrogen (secondary N) is 1. The SMILES string of the molecule is CNC(=O)c1ccc(C=CC(=O)N(C)Cc2nnc3ccccn23)cc1. The van der Waals surface area contributed by atoms with E-state index in [0.29, 0.717) is 17.9 Å². The largest absolute Gasteiger partial charge is 0.355 e. The Kier molecular flexibility index (Phi) is 5.07. The van der Waals surface area contributed by atoms with E-state index >= 15 is 0 Å². The molecule has 0 saturated carbocycles. The van der Waals surface area contributed by atoms with Crippen molar-refractivity contribution in [2.45, 2.75) is 6.54 Å². The van der Waals surface area contributed by atoms with Gasteiger partial charge in [0.15, 0.2) is 11.5 Å². The van der Waals surface area contributed by atoms with Gasteiger partial charge in [-0.15, -0.1) is 10.2 Å². The van der Waals surface area contributed by atoms with E-state index in [4.69, 9.17) is 0 Å². The topological polar surface area (TPSA) is 79.6 Å². The molecule has 0 fully saturated rings. The van der Waals surface area contributed by atoms with Gasteiger partial charge in [-0.25, -0.2) is 0 Å². The first kappa shape index (κ1) is 17.3. The van der Waals surface area contributed by atoms with Gasteiger partial charge in [-0.2, -0.15) is 0 Å². The highest BCUT2D eigenvalue weighted by molar-refractivity contribution is 5.94. The molecule has 2 heterocycles. The maximum absolute atomic E-state index is 12.3. The summed E-state index contributed by atoms with van der Waals surface area (Å²) in [5.41, 5.74) is 2.16. The van der Waals surface area contributed by atoms with Crippen LogP contribution < -0.4 is 5.32 Å². The fourth-order valence-corrected chi connectivity index (χ4v) is 2.47. The molecule has 0 spiro atoms. The molecule has 0 aliphatic rings. The molecule has 132 valence electrons. The van der Waals surface area contributed by atoms with Gasteiger partial charge in [-0.05, 0) is 35.9 Å². The normalized spacial score (nSPS) is 11.0. The van der Waals surface area contributed by atoms with Gasteiger partial charge in [0.25, 0.3) is 5.91 Å². The van der Waals surface area contributed by atoms with E-state index < -0.39 is 0 Å². The summed E-state index contributed by atoms with van der Waals surface area (Å²) in [6, 6.07) is 12.7. The Morgan fingerprint density at radius 3 is 2.65 bits per heavy atom. The molecule has 0 atom stereocenters. The fourth-order valence-electron chi connectivity index (χ4n) is 2.47. The molecule has 0 aliphatic carbocycles. The maximum atomic E-state index is 12.3. The molecule has 26 heavy (non-hydrogen) atoms.